The van der Waals surface area contributed by atoms with Gasteiger partial charge in [0.15, 0.2) is 12.1 Å². The smallest absolute Gasteiger partial charge is 0.287 e. The maximum atomic E-state index is 13.6. The SMILES string of the molecule is Cn1ccnc1C(=O)NCc1ccc(Cl)c(Nc2nc3cc([C@H](O)Nc4ccc(F)c(Cl)c4)c(OCC(F)F)cc3n2C)c1Cl. The van der Waals surface area contributed by atoms with Crippen LogP contribution in [-0.4, -0.2) is 43.1 Å². The van der Waals surface area contributed by atoms with E-state index in [1.54, 1.807) is 41.6 Å². The fourth-order valence-electron chi connectivity index (χ4n) is 4.46. The van der Waals surface area contributed by atoms with Crippen LogP contribution in [-0.2, 0) is 20.6 Å². The lowest BCUT2D eigenvalue weighted by Crippen LogP contribution is -2.25. The normalized spacial score (nSPS) is 12.0. The average Bonchev–Trinajstić information content (AvgIpc) is 3.56. The summed E-state index contributed by atoms with van der Waals surface area (Å²) in [6.07, 6.45) is -1.08. The van der Waals surface area contributed by atoms with Crippen molar-refractivity contribution >= 4 is 69.1 Å². The zero-order chi connectivity index (χ0) is 32.4. The Morgan fingerprint density at radius 2 is 1.87 bits per heavy atom. The van der Waals surface area contributed by atoms with E-state index < -0.39 is 31.0 Å². The number of benzene rings is 3. The number of anilines is 3. The molecule has 0 aliphatic carbocycles. The van der Waals surface area contributed by atoms with Gasteiger partial charge < -0.3 is 34.9 Å². The number of hydrogen-bond acceptors (Lipinski definition) is 7. The Hall–Kier alpha value is -4.17. The van der Waals surface area contributed by atoms with Crippen molar-refractivity contribution in [2.24, 2.45) is 14.1 Å². The van der Waals surface area contributed by atoms with E-state index in [0.717, 1.165) is 6.07 Å². The molecule has 1 amide bonds. The number of aromatic nitrogens is 4. The predicted octanol–water partition coefficient (Wildman–Crippen LogP) is 6.83. The second-order valence-electron chi connectivity index (χ2n) is 9.82. The molecular weight excluding hydrogens is 658 g/mol. The summed E-state index contributed by atoms with van der Waals surface area (Å²) in [6.45, 7) is -0.845. The standard InChI is InChI=1S/C29H25Cl3F3N7O3/c1-41-8-7-36-26(41)28(44)37-12-14-3-5-17(30)25(24(14)32)40-29-39-20-10-16(22(45-13-23(34)35)11-21(20)42(29)2)27(43)38-15-4-6-19(33)18(31)9-15/h3-11,23,27,38,43H,12-13H2,1-2H3,(H,37,44)(H,39,40)/t27-/m0/s1. The molecular formula is C29H25Cl3F3N7O3. The molecule has 16 heteroatoms. The van der Waals surface area contributed by atoms with E-state index in [1.165, 1.54) is 30.5 Å². The van der Waals surface area contributed by atoms with Gasteiger partial charge in [-0.25, -0.2) is 23.1 Å². The topological polar surface area (TPSA) is 118 Å². The van der Waals surface area contributed by atoms with Crippen LogP contribution in [0.4, 0.5) is 30.5 Å². The molecule has 0 radical (unpaired) electrons. The zero-order valence-corrected chi connectivity index (χ0v) is 25.9. The minimum Gasteiger partial charge on any atom is -0.487 e. The van der Waals surface area contributed by atoms with Crippen molar-refractivity contribution < 1.29 is 27.8 Å². The Kier molecular flexibility index (Phi) is 9.63. The molecule has 236 valence electrons. The van der Waals surface area contributed by atoms with E-state index >= 15 is 0 Å². The van der Waals surface area contributed by atoms with Gasteiger partial charge in [-0.2, -0.15) is 0 Å². The number of fused-ring (bicyclic) bond motifs is 1. The summed E-state index contributed by atoms with van der Waals surface area (Å²) in [5.41, 5.74) is 2.07. The zero-order valence-electron chi connectivity index (χ0n) is 23.6. The van der Waals surface area contributed by atoms with E-state index in [2.05, 4.69) is 25.9 Å². The van der Waals surface area contributed by atoms with Gasteiger partial charge in [0.2, 0.25) is 5.95 Å². The molecule has 0 saturated heterocycles. The molecule has 0 aliphatic rings. The number of imidazole rings is 2. The van der Waals surface area contributed by atoms with Crippen LogP contribution in [0.5, 0.6) is 5.75 Å². The van der Waals surface area contributed by atoms with Crippen LogP contribution in [0, 0.1) is 5.82 Å². The lowest BCUT2D eigenvalue weighted by Gasteiger charge is -2.19. The van der Waals surface area contributed by atoms with Gasteiger partial charge in [-0.05, 0) is 35.9 Å². The highest BCUT2D eigenvalue weighted by atomic mass is 35.5. The molecule has 3 aromatic carbocycles. The van der Waals surface area contributed by atoms with Gasteiger partial charge in [-0.1, -0.05) is 40.9 Å². The van der Waals surface area contributed by atoms with Crippen LogP contribution >= 0.6 is 34.8 Å². The number of nitrogens with zero attached hydrogens (tertiary/aromatic N) is 4. The van der Waals surface area contributed by atoms with Crippen LogP contribution in [0.2, 0.25) is 15.1 Å². The monoisotopic (exact) mass is 681 g/mol. The highest BCUT2D eigenvalue weighted by molar-refractivity contribution is 6.39. The fourth-order valence-corrected chi connectivity index (χ4v) is 5.17. The molecule has 0 fully saturated rings. The summed E-state index contributed by atoms with van der Waals surface area (Å²) in [5, 5.41) is 19.9. The van der Waals surface area contributed by atoms with Crippen LogP contribution in [0.15, 0.2) is 54.9 Å². The number of aryl methyl sites for hydroxylation is 2. The Balaban J connectivity index is 1.44. The first-order valence-corrected chi connectivity index (χ1v) is 14.4. The number of hydrogen-bond donors (Lipinski definition) is 4. The Morgan fingerprint density at radius 1 is 1.09 bits per heavy atom. The van der Waals surface area contributed by atoms with Crippen molar-refractivity contribution in [1.82, 2.24) is 24.4 Å². The van der Waals surface area contributed by atoms with E-state index in [0.29, 0.717) is 22.3 Å². The molecule has 4 N–H and O–H groups in total. The van der Waals surface area contributed by atoms with Gasteiger partial charge in [0.25, 0.3) is 12.3 Å². The molecule has 2 aromatic heterocycles. The average molecular weight is 683 g/mol. The molecule has 1 atom stereocenters. The lowest BCUT2D eigenvalue weighted by atomic mass is 10.1. The third-order valence-electron chi connectivity index (χ3n) is 6.77. The van der Waals surface area contributed by atoms with Gasteiger partial charge in [0.1, 0.15) is 18.2 Å². The molecule has 0 bridgehead atoms. The van der Waals surface area contributed by atoms with Crippen molar-refractivity contribution in [3.63, 3.8) is 0 Å². The van der Waals surface area contributed by atoms with Crippen LogP contribution in [0.1, 0.15) is 28.0 Å². The van der Waals surface area contributed by atoms with Crippen LogP contribution in [0.25, 0.3) is 11.0 Å². The summed E-state index contributed by atoms with van der Waals surface area (Å²) in [6, 6.07) is 9.95. The maximum Gasteiger partial charge on any atom is 0.287 e. The number of nitrogens with one attached hydrogen (secondary N) is 3. The summed E-state index contributed by atoms with van der Waals surface area (Å²) in [4.78, 5) is 21.1. The van der Waals surface area contributed by atoms with Gasteiger partial charge in [-0.3, -0.25) is 4.79 Å². The minimum atomic E-state index is -2.77. The second-order valence-corrected chi connectivity index (χ2v) is 11.0. The fraction of sp³-hybridized carbons (Fsp3) is 0.207. The largest absolute Gasteiger partial charge is 0.487 e. The molecule has 2 heterocycles. The first-order valence-electron chi connectivity index (χ1n) is 13.2. The van der Waals surface area contributed by atoms with Crippen molar-refractivity contribution in [3.05, 3.63) is 92.7 Å². The minimum absolute atomic E-state index is 0.0351. The molecule has 10 nitrogen and oxygen atoms in total. The third kappa shape index (κ3) is 7.06. The second kappa shape index (κ2) is 13.4. The summed E-state index contributed by atoms with van der Waals surface area (Å²) in [5.74, 6) is -0.568. The van der Waals surface area contributed by atoms with Crippen LogP contribution in [0.3, 0.4) is 0 Å². The third-order valence-corrected chi connectivity index (χ3v) is 7.80. The van der Waals surface area contributed by atoms with Gasteiger partial charge in [0.05, 0.1) is 31.8 Å². The Labute approximate surface area is 269 Å². The van der Waals surface area contributed by atoms with E-state index in [4.69, 9.17) is 39.5 Å². The number of aliphatic hydroxyl groups is 1. The molecule has 0 spiro atoms. The van der Waals surface area contributed by atoms with E-state index in [-0.39, 0.29) is 50.4 Å². The van der Waals surface area contributed by atoms with E-state index in [1.807, 2.05) is 0 Å². The number of amides is 1. The predicted molar refractivity (Wildman–Crippen MR) is 166 cm³/mol. The molecule has 0 unspecified atom stereocenters. The number of carbonyl (C=O) groups is 1. The first-order chi connectivity index (χ1) is 21.4. The van der Waals surface area contributed by atoms with Gasteiger partial charge in [-0.15, -0.1) is 0 Å². The number of alkyl halides is 2. The summed E-state index contributed by atoms with van der Waals surface area (Å²) in [7, 11) is 3.37. The molecule has 5 rings (SSSR count). The van der Waals surface area contributed by atoms with E-state index in [9.17, 15) is 23.1 Å². The molecule has 45 heavy (non-hydrogen) atoms. The lowest BCUT2D eigenvalue weighted by molar-refractivity contribution is 0.0797. The summed E-state index contributed by atoms with van der Waals surface area (Å²) >= 11 is 19.0. The van der Waals surface area contributed by atoms with Crippen molar-refractivity contribution in [2.45, 2.75) is 19.2 Å². The van der Waals surface area contributed by atoms with Crippen molar-refractivity contribution in [1.29, 1.82) is 0 Å². The number of rotatable bonds is 11. The number of ether oxygens (including phenoxy) is 1. The van der Waals surface area contributed by atoms with Gasteiger partial charge >= 0.3 is 0 Å². The van der Waals surface area contributed by atoms with Gasteiger partial charge in [0, 0.05) is 50.4 Å². The highest BCUT2D eigenvalue weighted by Gasteiger charge is 2.22. The maximum absolute atomic E-state index is 13.6. The highest BCUT2D eigenvalue weighted by Crippen LogP contribution is 2.38. The Bertz CT molecular complexity index is 1880. The summed E-state index contributed by atoms with van der Waals surface area (Å²) < 4.78 is 48.3. The van der Waals surface area contributed by atoms with Crippen LogP contribution < -0.4 is 20.7 Å². The Morgan fingerprint density at radius 3 is 2.56 bits per heavy atom. The van der Waals surface area contributed by atoms with Crippen molar-refractivity contribution in [3.8, 4) is 5.75 Å². The molecule has 5 aromatic rings. The van der Waals surface area contributed by atoms with Crippen molar-refractivity contribution in [2.75, 3.05) is 17.2 Å². The molecule has 0 aliphatic heterocycles. The number of halogens is 6. The quantitative estimate of drug-likeness (QED) is 0.113. The number of aliphatic hydroxyl groups excluding tert-OH is 1. The first kappa shape index (κ1) is 32.2. The molecule has 0 saturated carbocycles. The number of carbonyl (C=O) groups excluding carboxylic acids is 1.